The molecule has 1 heterocycles. The smallest absolute Gasteiger partial charge is 0.387 e. The van der Waals surface area contributed by atoms with Crippen LogP contribution in [-0.4, -0.2) is 18.8 Å². The number of alkyl halides is 2. The van der Waals surface area contributed by atoms with Crippen LogP contribution in [0.25, 0.3) is 11.0 Å². The van der Waals surface area contributed by atoms with Gasteiger partial charge in [-0.25, -0.2) is 4.79 Å². The van der Waals surface area contributed by atoms with Gasteiger partial charge < -0.3 is 19.2 Å². The van der Waals surface area contributed by atoms with Crippen LogP contribution in [0.15, 0.2) is 51.7 Å². The zero-order valence-electron chi connectivity index (χ0n) is 15.0. The van der Waals surface area contributed by atoms with E-state index in [9.17, 15) is 18.7 Å². The summed E-state index contributed by atoms with van der Waals surface area (Å²) in [5.41, 5.74) is 2.22. The third-order valence-corrected chi connectivity index (χ3v) is 4.36. The number of benzene rings is 2. The van der Waals surface area contributed by atoms with E-state index in [0.29, 0.717) is 24.2 Å². The van der Waals surface area contributed by atoms with Crippen LogP contribution in [0.3, 0.4) is 0 Å². The van der Waals surface area contributed by atoms with Crippen LogP contribution in [0, 0.1) is 6.92 Å². The summed E-state index contributed by atoms with van der Waals surface area (Å²) in [5.74, 6) is 0.197. The Balaban J connectivity index is 1.79. The van der Waals surface area contributed by atoms with E-state index in [1.165, 1.54) is 18.2 Å². The van der Waals surface area contributed by atoms with Crippen LogP contribution >= 0.6 is 0 Å². The van der Waals surface area contributed by atoms with Gasteiger partial charge in [0.25, 0.3) is 0 Å². The van der Waals surface area contributed by atoms with Crippen molar-refractivity contribution in [1.29, 1.82) is 0 Å². The van der Waals surface area contributed by atoms with Gasteiger partial charge >= 0.3 is 12.2 Å². The summed E-state index contributed by atoms with van der Waals surface area (Å²) >= 11 is 0. The number of phenolic OH excluding ortho intramolecular Hbond substituents is 1. The second kappa shape index (κ2) is 7.75. The molecule has 3 rings (SSSR count). The van der Waals surface area contributed by atoms with Crippen molar-refractivity contribution in [3.05, 3.63) is 69.6 Å². The monoisotopic (exact) mass is 376 g/mol. The highest BCUT2D eigenvalue weighted by molar-refractivity contribution is 5.84. The van der Waals surface area contributed by atoms with Crippen LogP contribution in [-0.2, 0) is 13.1 Å². The maximum Gasteiger partial charge on any atom is 0.387 e. The van der Waals surface area contributed by atoms with Crippen molar-refractivity contribution < 1.29 is 27.9 Å². The topological polar surface area (TPSA) is 64.1 Å². The number of rotatable bonds is 6. The number of quaternary nitrogens is 1. The fourth-order valence-corrected chi connectivity index (χ4v) is 3.09. The van der Waals surface area contributed by atoms with E-state index >= 15 is 0 Å². The molecule has 142 valence electrons. The summed E-state index contributed by atoms with van der Waals surface area (Å²) in [6, 6.07) is 11.3. The summed E-state index contributed by atoms with van der Waals surface area (Å²) < 4.78 is 34.0. The molecule has 3 aromatic rings. The van der Waals surface area contributed by atoms with E-state index < -0.39 is 12.2 Å². The van der Waals surface area contributed by atoms with Gasteiger partial charge in [0.15, 0.2) is 0 Å². The molecule has 1 unspecified atom stereocenters. The minimum absolute atomic E-state index is 0.0783. The SMILES string of the molecule is Cc1c(O)ccc2c(C[NH+](C)Cc3ccc(OC(F)F)cc3)cc(=O)oc12. The largest absolute Gasteiger partial charge is 0.508 e. The maximum absolute atomic E-state index is 12.2. The zero-order chi connectivity index (χ0) is 19.6. The molecule has 1 aromatic heterocycles. The summed E-state index contributed by atoms with van der Waals surface area (Å²) in [4.78, 5) is 13.0. The van der Waals surface area contributed by atoms with E-state index in [1.54, 1.807) is 31.2 Å². The van der Waals surface area contributed by atoms with Gasteiger partial charge in [0.1, 0.15) is 30.2 Å². The van der Waals surface area contributed by atoms with E-state index in [-0.39, 0.29) is 11.5 Å². The standard InChI is InChI=1S/C20H19F2NO4/c1-12-17(24)8-7-16-14(9-18(25)27-19(12)16)11-23(2)10-13-3-5-15(6-4-13)26-20(21)22/h3-9,20,24H,10-11H2,1-2H3/p+1. The summed E-state index contributed by atoms with van der Waals surface area (Å²) in [6.07, 6.45) is 0. The number of hydrogen-bond acceptors (Lipinski definition) is 4. The van der Waals surface area contributed by atoms with Crippen LogP contribution in [0.4, 0.5) is 8.78 Å². The Morgan fingerprint density at radius 3 is 2.52 bits per heavy atom. The van der Waals surface area contributed by atoms with Gasteiger partial charge in [-0.3, -0.25) is 0 Å². The normalized spacial score (nSPS) is 12.5. The Hall–Kier alpha value is -2.93. The number of halogens is 2. The fraction of sp³-hybridized carbons (Fsp3) is 0.250. The maximum atomic E-state index is 12.2. The minimum atomic E-state index is -2.84. The van der Waals surface area contributed by atoms with Crippen molar-refractivity contribution in [3.63, 3.8) is 0 Å². The number of hydrogen-bond donors (Lipinski definition) is 2. The molecule has 0 fully saturated rings. The van der Waals surface area contributed by atoms with Crippen molar-refractivity contribution in [2.75, 3.05) is 7.05 Å². The Labute approximate surface area is 154 Å². The third-order valence-electron chi connectivity index (χ3n) is 4.36. The number of aryl methyl sites for hydroxylation is 1. The lowest BCUT2D eigenvalue weighted by Gasteiger charge is -2.16. The van der Waals surface area contributed by atoms with Crippen molar-refractivity contribution >= 4 is 11.0 Å². The Bertz CT molecular complexity index is 999. The minimum Gasteiger partial charge on any atom is -0.508 e. The molecule has 0 spiro atoms. The number of ether oxygens (including phenoxy) is 1. The quantitative estimate of drug-likeness (QED) is 0.649. The Morgan fingerprint density at radius 2 is 1.85 bits per heavy atom. The number of fused-ring (bicyclic) bond motifs is 1. The lowest BCUT2D eigenvalue weighted by atomic mass is 10.1. The van der Waals surface area contributed by atoms with Crippen LogP contribution in [0.1, 0.15) is 16.7 Å². The van der Waals surface area contributed by atoms with Gasteiger partial charge in [-0.15, -0.1) is 0 Å². The van der Waals surface area contributed by atoms with Gasteiger partial charge in [0, 0.05) is 28.1 Å². The molecular formula is C20H20F2NO4+. The van der Waals surface area contributed by atoms with Crippen molar-refractivity contribution in [1.82, 2.24) is 0 Å². The average Bonchev–Trinajstić information content (AvgIpc) is 2.60. The van der Waals surface area contributed by atoms with Crippen molar-refractivity contribution in [3.8, 4) is 11.5 Å². The molecule has 2 aromatic carbocycles. The Morgan fingerprint density at radius 1 is 1.15 bits per heavy atom. The summed E-state index contributed by atoms with van der Waals surface area (Å²) in [7, 11) is 1.97. The molecule has 0 amide bonds. The lowest BCUT2D eigenvalue weighted by Crippen LogP contribution is -3.06. The predicted molar refractivity (Wildman–Crippen MR) is 96.3 cm³/mol. The van der Waals surface area contributed by atoms with Gasteiger partial charge in [-0.2, -0.15) is 8.78 Å². The van der Waals surface area contributed by atoms with Crippen LogP contribution in [0.5, 0.6) is 11.5 Å². The highest BCUT2D eigenvalue weighted by atomic mass is 19.3. The summed E-state index contributed by atoms with van der Waals surface area (Å²) in [6.45, 7) is 0.0457. The first-order valence-corrected chi connectivity index (χ1v) is 8.44. The molecule has 0 aliphatic carbocycles. The van der Waals surface area contributed by atoms with E-state index in [0.717, 1.165) is 21.4 Å². The number of nitrogens with one attached hydrogen (secondary N) is 1. The molecule has 0 aliphatic rings. The molecule has 0 bridgehead atoms. The highest BCUT2D eigenvalue weighted by Crippen LogP contribution is 2.27. The highest BCUT2D eigenvalue weighted by Gasteiger charge is 2.14. The molecule has 0 saturated heterocycles. The van der Waals surface area contributed by atoms with Gasteiger partial charge in [-0.05, 0) is 43.3 Å². The van der Waals surface area contributed by atoms with Crippen molar-refractivity contribution in [2.45, 2.75) is 26.6 Å². The average molecular weight is 376 g/mol. The molecule has 0 radical (unpaired) electrons. The first kappa shape index (κ1) is 18.8. The molecule has 27 heavy (non-hydrogen) atoms. The second-order valence-corrected chi connectivity index (χ2v) is 6.51. The zero-order valence-corrected chi connectivity index (χ0v) is 15.0. The van der Waals surface area contributed by atoms with Gasteiger partial charge in [-0.1, -0.05) is 0 Å². The Kier molecular flexibility index (Phi) is 5.41. The second-order valence-electron chi connectivity index (χ2n) is 6.51. The molecule has 0 saturated carbocycles. The molecule has 0 aliphatic heterocycles. The molecule has 2 N–H and O–H groups in total. The lowest BCUT2D eigenvalue weighted by molar-refractivity contribution is -0.907. The summed E-state index contributed by atoms with van der Waals surface area (Å²) in [5, 5.41) is 10.6. The first-order valence-electron chi connectivity index (χ1n) is 8.44. The first-order chi connectivity index (χ1) is 12.8. The van der Waals surface area contributed by atoms with Crippen LogP contribution < -0.4 is 15.3 Å². The number of phenols is 1. The van der Waals surface area contributed by atoms with Gasteiger partial charge in [0.05, 0.1) is 7.05 Å². The predicted octanol–water partition coefficient (Wildman–Crippen LogP) is 2.62. The fourth-order valence-electron chi connectivity index (χ4n) is 3.09. The molecule has 5 nitrogen and oxygen atoms in total. The number of aromatic hydroxyl groups is 1. The molecular weight excluding hydrogens is 356 g/mol. The third kappa shape index (κ3) is 4.43. The van der Waals surface area contributed by atoms with E-state index in [1.807, 2.05) is 7.05 Å². The van der Waals surface area contributed by atoms with Crippen LogP contribution in [0.2, 0.25) is 0 Å². The van der Waals surface area contributed by atoms with E-state index in [4.69, 9.17) is 4.42 Å². The van der Waals surface area contributed by atoms with Gasteiger partial charge in [0.2, 0.25) is 0 Å². The molecule has 1 atom stereocenters. The van der Waals surface area contributed by atoms with Crippen molar-refractivity contribution in [2.24, 2.45) is 0 Å². The molecule has 7 heteroatoms. The van der Waals surface area contributed by atoms with E-state index in [2.05, 4.69) is 4.74 Å².